The van der Waals surface area contributed by atoms with Gasteiger partial charge in [-0.2, -0.15) is 0 Å². The highest BCUT2D eigenvalue weighted by Crippen LogP contribution is 2.07. The number of aliphatic hydroxyl groups is 2. The zero-order valence-corrected chi connectivity index (χ0v) is 12.8. The van der Waals surface area contributed by atoms with Gasteiger partial charge in [-0.15, -0.1) is 0 Å². The molecule has 2 unspecified atom stereocenters. The van der Waals surface area contributed by atoms with Crippen molar-refractivity contribution in [1.82, 2.24) is 8.85 Å². The number of rotatable bonds is 9. The topological polar surface area (TPSA) is 98.7 Å². The zero-order chi connectivity index (χ0) is 14.1. The summed E-state index contributed by atoms with van der Waals surface area (Å²) in [6.45, 7) is 3.28. The molecule has 6 nitrogen and oxygen atoms in total. The SMILES string of the molecule is CC(C)C(=O)C(CCC(=O)NCC(O)CO)NI. The van der Waals surface area contributed by atoms with Crippen LogP contribution < -0.4 is 8.85 Å². The molecular weight excluding hydrogens is 351 g/mol. The minimum absolute atomic E-state index is 0.0236. The average molecular weight is 372 g/mol. The number of hydrogen-bond donors (Lipinski definition) is 4. The van der Waals surface area contributed by atoms with E-state index in [2.05, 4.69) is 8.85 Å². The first kappa shape index (κ1) is 17.8. The van der Waals surface area contributed by atoms with Crippen LogP contribution in [-0.2, 0) is 9.59 Å². The van der Waals surface area contributed by atoms with Gasteiger partial charge in [0.05, 0.1) is 18.8 Å². The lowest BCUT2D eigenvalue weighted by atomic mass is 9.99. The molecule has 0 aromatic rings. The van der Waals surface area contributed by atoms with Crippen molar-refractivity contribution in [3.63, 3.8) is 0 Å². The minimum atomic E-state index is -0.940. The Kier molecular flexibility index (Phi) is 9.52. The van der Waals surface area contributed by atoms with Crippen molar-refractivity contribution in [3.05, 3.63) is 0 Å². The van der Waals surface area contributed by atoms with Crippen molar-refractivity contribution in [2.24, 2.45) is 5.92 Å². The second kappa shape index (κ2) is 9.65. The monoisotopic (exact) mass is 372 g/mol. The van der Waals surface area contributed by atoms with Gasteiger partial charge in [-0.25, -0.2) is 0 Å². The molecule has 106 valence electrons. The molecule has 0 aromatic carbocycles. The molecule has 4 N–H and O–H groups in total. The molecule has 0 rings (SSSR count). The van der Waals surface area contributed by atoms with Crippen LogP contribution in [0.2, 0.25) is 0 Å². The summed E-state index contributed by atoms with van der Waals surface area (Å²) in [7, 11) is 0. The summed E-state index contributed by atoms with van der Waals surface area (Å²) < 4.78 is 2.87. The molecule has 0 aromatic heterocycles. The minimum Gasteiger partial charge on any atom is -0.394 e. The number of aliphatic hydroxyl groups excluding tert-OH is 2. The standard InChI is InChI=1S/C11H21IN2O4/c1-7(2)11(18)9(14-12)3-4-10(17)13-5-8(16)6-15/h7-9,14-16H,3-6H2,1-2H3,(H,13,17). The summed E-state index contributed by atoms with van der Waals surface area (Å²) in [6.07, 6.45) is -0.317. The number of hydrogen-bond acceptors (Lipinski definition) is 5. The summed E-state index contributed by atoms with van der Waals surface area (Å²) in [5, 5.41) is 20.1. The summed E-state index contributed by atoms with van der Waals surface area (Å²) in [5.41, 5.74) is 0. The third-order valence-corrected chi connectivity index (χ3v) is 3.20. The van der Waals surface area contributed by atoms with Crippen LogP contribution in [0.1, 0.15) is 26.7 Å². The summed E-state index contributed by atoms with van der Waals surface area (Å²) >= 11 is 1.91. The molecule has 0 spiro atoms. The Morgan fingerprint density at radius 2 is 1.94 bits per heavy atom. The van der Waals surface area contributed by atoms with E-state index >= 15 is 0 Å². The second-order valence-corrected chi connectivity index (χ2v) is 5.02. The van der Waals surface area contributed by atoms with Gasteiger partial charge in [0.2, 0.25) is 5.91 Å². The quantitative estimate of drug-likeness (QED) is 0.331. The van der Waals surface area contributed by atoms with Gasteiger partial charge in [0.15, 0.2) is 5.78 Å². The van der Waals surface area contributed by atoms with Gasteiger partial charge >= 0.3 is 0 Å². The van der Waals surface area contributed by atoms with Gasteiger partial charge < -0.3 is 15.5 Å². The molecule has 0 fully saturated rings. The Labute approximate surface area is 121 Å². The molecule has 0 saturated carbocycles. The lowest BCUT2D eigenvalue weighted by Crippen LogP contribution is -2.37. The molecule has 7 heteroatoms. The van der Waals surface area contributed by atoms with E-state index in [-0.39, 0.29) is 43.2 Å². The number of halogens is 1. The lowest BCUT2D eigenvalue weighted by molar-refractivity contribution is -0.124. The van der Waals surface area contributed by atoms with Crippen molar-refractivity contribution in [2.45, 2.75) is 38.8 Å². The number of carbonyl (C=O) groups is 2. The Morgan fingerprint density at radius 1 is 1.33 bits per heavy atom. The highest BCUT2D eigenvalue weighted by Gasteiger charge is 2.20. The molecule has 0 aliphatic rings. The van der Waals surface area contributed by atoms with E-state index in [1.807, 2.05) is 36.7 Å². The molecule has 2 atom stereocenters. The third kappa shape index (κ3) is 7.24. The van der Waals surface area contributed by atoms with Gasteiger partial charge in [0.25, 0.3) is 0 Å². The maximum atomic E-state index is 11.7. The fourth-order valence-electron chi connectivity index (χ4n) is 1.31. The second-order valence-electron chi connectivity index (χ2n) is 4.40. The Balaban J connectivity index is 3.98. The van der Waals surface area contributed by atoms with Crippen LogP contribution in [0.5, 0.6) is 0 Å². The van der Waals surface area contributed by atoms with Crippen LogP contribution in [0.3, 0.4) is 0 Å². The van der Waals surface area contributed by atoms with Crippen molar-refractivity contribution >= 4 is 34.6 Å². The smallest absolute Gasteiger partial charge is 0.220 e. The fraction of sp³-hybridized carbons (Fsp3) is 0.818. The predicted molar refractivity (Wildman–Crippen MR) is 76.1 cm³/mol. The molecule has 0 bridgehead atoms. The van der Waals surface area contributed by atoms with Crippen LogP contribution in [0.25, 0.3) is 0 Å². The molecule has 0 aliphatic heterocycles. The highest BCUT2D eigenvalue weighted by atomic mass is 127. The molecular formula is C11H21IN2O4. The van der Waals surface area contributed by atoms with Crippen LogP contribution in [0.15, 0.2) is 0 Å². The highest BCUT2D eigenvalue weighted by molar-refractivity contribution is 14.1. The number of Topliss-reactive ketones (excluding diaryl/α,β-unsaturated/α-hetero) is 1. The maximum absolute atomic E-state index is 11.7. The average Bonchev–Trinajstić information content (AvgIpc) is 2.35. The van der Waals surface area contributed by atoms with E-state index in [1.165, 1.54) is 0 Å². The molecule has 0 saturated heterocycles. The Morgan fingerprint density at radius 3 is 2.39 bits per heavy atom. The van der Waals surface area contributed by atoms with Crippen molar-refractivity contribution in [3.8, 4) is 0 Å². The third-order valence-electron chi connectivity index (χ3n) is 2.45. The van der Waals surface area contributed by atoms with Gasteiger partial charge in [0.1, 0.15) is 0 Å². The van der Waals surface area contributed by atoms with E-state index in [9.17, 15) is 9.59 Å². The summed E-state index contributed by atoms with van der Waals surface area (Å²) in [4.78, 5) is 23.2. The Hall–Kier alpha value is -0.250. The van der Waals surface area contributed by atoms with Gasteiger partial charge in [0, 0.05) is 41.7 Å². The van der Waals surface area contributed by atoms with Crippen LogP contribution in [-0.4, -0.2) is 47.2 Å². The fourth-order valence-corrected chi connectivity index (χ4v) is 1.93. The first-order chi connectivity index (χ1) is 8.42. The van der Waals surface area contributed by atoms with Crippen LogP contribution in [0.4, 0.5) is 0 Å². The number of amides is 1. The number of nitrogens with one attached hydrogen (secondary N) is 2. The van der Waals surface area contributed by atoms with Gasteiger partial charge in [-0.1, -0.05) is 13.8 Å². The van der Waals surface area contributed by atoms with E-state index in [0.717, 1.165) is 0 Å². The predicted octanol–water partition coefficient (Wildman–Crippen LogP) is -0.231. The van der Waals surface area contributed by atoms with E-state index < -0.39 is 6.10 Å². The van der Waals surface area contributed by atoms with E-state index in [0.29, 0.717) is 6.42 Å². The summed E-state index contributed by atoms with van der Waals surface area (Å²) in [6, 6.07) is -0.334. The number of ketones is 1. The van der Waals surface area contributed by atoms with E-state index in [1.54, 1.807) is 0 Å². The first-order valence-corrected chi connectivity index (χ1v) is 6.95. The van der Waals surface area contributed by atoms with Gasteiger partial charge in [-0.3, -0.25) is 13.1 Å². The number of carbonyl (C=O) groups excluding carboxylic acids is 2. The molecule has 1 amide bonds. The van der Waals surface area contributed by atoms with Crippen LogP contribution in [0, 0.1) is 5.92 Å². The van der Waals surface area contributed by atoms with Crippen LogP contribution >= 0.6 is 22.9 Å². The van der Waals surface area contributed by atoms with E-state index in [4.69, 9.17) is 10.2 Å². The Bertz CT molecular complexity index is 274. The first-order valence-electron chi connectivity index (χ1n) is 5.87. The van der Waals surface area contributed by atoms with Crippen molar-refractivity contribution in [1.29, 1.82) is 0 Å². The zero-order valence-electron chi connectivity index (χ0n) is 10.6. The lowest BCUT2D eigenvalue weighted by Gasteiger charge is -2.16. The molecule has 0 heterocycles. The van der Waals surface area contributed by atoms with Crippen molar-refractivity contribution < 1.29 is 19.8 Å². The maximum Gasteiger partial charge on any atom is 0.220 e. The molecule has 0 radical (unpaired) electrons. The molecule has 0 aliphatic carbocycles. The molecule has 18 heavy (non-hydrogen) atoms. The van der Waals surface area contributed by atoms with Gasteiger partial charge in [-0.05, 0) is 6.42 Å². The normalized spacial score (nSPS) is 14.3. The summed E-state index contributed by atoms with van der Waals surface area (Å²) in [5.74, 6) is -0.236. The van der Waals surface area contributed by atoms with Crippen molar-refractivity contribution in [2.75, 3.05) is 13.2 Å². The largest absolute Gasteiger partial charge is 0.394 e.